The van der Waals surface area contributed by atoms with Crippen molar-refractivity contribution in [2.24, 2.45) is 0 Å². The van der Waals surface area contributed by atoms with Gasteiger partial charge in [-0.05, 0) is 12.8 Å². The van der Waals surface area contributed by atoms with Crippen molar-refractivity contribution in [2.45, 2.75) is 471 Å². The van der Waals surface area contributed by atoms with Crippen LogP contribution in [0.25, 0.3) is 0 Å². The molecular formula is C79H153NO18. The summed E-state index contributed by atoms with van der Waals surface area (Å²) in [5.74, 6) is -0.232. The van der Waals surface area contributed by atoms with Crippen LogP contribution in [0.4, 0.5) is 0 Å². The number of unbranched alkanes of at least 4 members (excludes halogenated alkanes) is 51. The van der Waals surface area contributed by atoms with E-state index in [1.807, 2.05) is 0 Å². The lowest BCUT2D eigenvalue weighted by molar-refractivity contribution is -0.379. The standard InChI is InChI=1S/C79H153NO18/c1-3-5-7-9-11-13-15-17-19-21-23-25-27-29-30-31-33-35-37-39-41-43-45-47-49-51-53-55-57-67(85)80-62(63(84)56-54-52-50-48-46-44-42-40-38-36-34-32-28-26-24-22-20-18-16-14-12-10-8-6-4-2)61-93-77-73(91)70(88)75(65(59-82)95-77)98-79-74(92)71(89)76(66(60-83)96-79)97-78-72(90)69(87)68(86)64(58-81)94-78/h62-66,68-79,81-84,86-92H,3-61H2,1-2H3,(H,80,85). The highest BCUT2D eigenvalue weighted by Gasteiger charge is 2.54. The number of rotatable bonds is 67. The molecule has 0 spiro atoms. The molecule has 3 heterocycles. The number of amides is 1. The second-order valence-corrected chi connectivity index (χ2v) is 30.0. The molecule has 0 bridgehead atoms. The Hall–Kier alpha value is -1.21. The van der Waals surface area contributed by atoms with Gasteiger partial charge in [0.1, 0.15) is 73.2 Å². The maximum atomic E-state index is 13.5. The lowest BCUT2D eigenvalue weighted by Gasteiger charge is -2.48. The van der Waals surface area contributed by atoms with Crippen LogP contribution in [-0.2, 0) is 33.2 Å². The molecule has 98 heavy (non-hydrogen) atoms. The summed E-state index contributed by atoms with van der Waals surface area (Å²) in [6, 6.07) is -0.883. The van der Waals surface area contributed by atoms with Gasteiger partial charge in [-0.1, -0.05) is 348 Å². The first-order valence-corrected chi connectivity index (χ1v) is 41.3. The van der Waals surface area contributed by atoms with Gasteiger partial charge < -0.3 is 89.9 Å². The van der Waals surface area contributed by atoms with Gasteiger partial charge in [-0.3, -0.25) is 4.79 Å². The minimum atomic E-state index is -1.97. The van der Waals surface area contributed by atoms with E-state index in [0.717, 1.165) is 44.9 Å². The second kappa shape index (κ2) is 61.0. The fourth-order valence-electron chi connectivity index (χ4n) is 14.6. The molecule has 0 radical (unpaired) electrons. The second-order valence-electron chi connectivity index (χ2n) is 30.0. The van der Waals surface area contributed by atoms with Crippen LogP contribution in [0, 0.1) is 0 Å². The van der Waals surface area contributed by atoms with Crippen LogP contribution in [0.2, 0.25) is 0 Å². The number of aliphatic hydroxyl groups is 11. The molecule has 0 aromatic carbocycles. The highest BCUT2D eigenvalue weighted by atomic mass is 16.8. The van der Waals surface area contributed by atoms with Crippen LogP contribution < -0.4 is 5.32 Å². The largest absolute Gasteiger partial charge is 0.394 e. The SMILES string of the molecule is CCCCCCCCCCCCCCCCCCCCCCCCCCCCCCC(=O)NC(COC1OC(CO)C(OC2OC(CO)C(OC3OC(CO)C(O)C(O)C3O)C(O)C2O)C(O)C1O)C(O)CCCCCCCCCCCCCCCCCCCCCCCCCCC. The van der Waals surface area contributed by atoms with Crippen LogP contribution in [-0.4, -0.2) is 193 Å². The van der Waals surface area contributed by atoms with Gasteiger partial charge in [-0.25, -0.2) is 0 Å². The number of hydrogen-bond acceptors (Lipinski definition) is 18. The normalized spacial score (nSPS) is 26.6. The van der Waals surface area contributed by atoms with E-state index in [1.165, 1.54) is 289 Å². The molecule has 582 valence electrons. The van der Waals surface area contributed by atoms with Gasteiger partial charge in [0.15, 0.2) is 18.9 Å². The number of carbonyl (C=O) groups excluding carboxylic acids is 1. The van der Waals surface area contributed by atoms with Crippen LogP contribution >= 0.6 is 0 Å². The molecule has 19 heteroatoms. The van der Waals surface area contributed by atoms with Crippen molar-refractivity contribution in [1.29, 1.82) is 0 Å². The Balaban J connectivity index is 1.36. The third kappa shape index (κ3) is 40.9. The zero-order chi connectivity index (χ0) is 71.1. The van der Waals surface area contributed by atoms with Crippen molar-refractivity contribution >= 4 is 5.91 Å². The molecule has 0 aromatic heterocycles. The molecular weight excluding hydrogens is 1250 g/mol. The highest BCUT2D eigenvalue weighted by Crippen LogP contribution is 2.33. The van der Waals surface area contributed by atoms with Gasteiger partial charge >= 0.3 is 0 Å². The van der Waals surface area contributed by atoms with E-state index in [1.54, 1.807) is 0 Å². The minimum absolute atomic E-state index is 0.232. The van der Waals surface area contributed by atoms with E-state index in [9.17, 15) is 61.0 Å². The summed E-state index contributed by atoms with van der Waals surface area (Å²) in [5.41, 5.74) is 0. The fourth-order valence-corrected chi connectivity index (χ4v) is 14.6. The van der Waals surface area contributed by atoms with Crippen LogP contribution in [0.5, 0.6) is 0 Å². The molecule has 17 unspecified atom stereocenters. The van der Waals surface area contributed by atoms with E-state index in [2.05, 4.69) is 19.2 Å². The Bertz CT molecular complexity index is 1770. The summed E-state index contributed by atoms with van der Waals surface area (Å²) in [7, 11) is 0. The highest BCUT2D eigenvalue weighted by molar-refractivity contribution is 5.76. The van der Waals surface area contributed by atoms with Crippen molar-refractivity contribution in [1.82, 2.24) is 5.32 Å². The summed E-state index contributed by atoms with van der Waals surface area (Å²) in [4.78, 5) is 13.5. The van der Waals surface area contributed by atoms with E-state index >= 15 is 0 Å². The molecule has 0 saturated carbocycles. The topological polar surface area (TPSA) is 307 Å². The Morgan fingerprint density at radius 2 is 0.582 bits per heavy atom. The molecule has 3 rings (SSSR count). The number of carbonyl (C=O) groups is 1. The third-order valence-electron chi connectivity index (χ3n) is 21.2. The van der Waals surface area contributed by atoms with Crippen LogP contribution in [0.1, 0.15) is 367 Å². The average Bonchev–Trinajstić information content (AvgIpc) is 0.784. The zero-order valence-corrected chi connectivity index (χ0v) is 62.3. The molecule has 0 aromatic rings. The summed E-state index contributed by atoms with van der Waals surface area (Å²) >= 11 is 0. The Morgan fingerprint density at radius 3 is 0.888 bits per heavy atom. The first kappa shape index (κ1) is 91.0. The molecule has 12 N–H and O–H groups in total. The van der Waals surface area contributed by atoms with Gasteiger partial charge in [0.25, 0.3) is 0 Å². The average molecular weight is 1410 g/mol. The van der Waals surface area contributed by atoms with Crippen molar-refractivity contribution < 1.29 is 89.4 Å². The Labute approximate surface area is 595 Å². The van der Waals surface area contributed by atoms with Crippen molar-refractivity contribution in [3.8, 4) is 0 Å². The van der Waals surface area contributed by atoms with Gasteiger partial charge in [0.2, 0.25) is 5.91 Å². The molecule has 3 aliphatic heterocycles. The number of ether oxygens (including phenoxy) is 6. The van der Waals surface area contributed by atoms with E-state index in [-0.39, 0.29) is 18.9 Å². The quantitative estimate of drug-likeness (QED) is 0.0252. The smallest absolute Gasteiger partial charge is 0.220 e. The third-order valence-corrected chi connectivity index (χ3v) is 21.2. The molecule has 3 fully saturated rings. The summed E-state index contributed by atoms with van der Waals surface area (Å²) in [6.07, 6.45) is 43.4. The van der Waals surface area contributed by atoms with E-state index in [4.69, 9.17) is 28.4 Å². The van der Waals surface area contributed by atoms with Gasteiger partial charge in [0.05, 0.1) is 38.6 Å². The van der Waals surface area contributed by atoms with Crippen molar-refractivity contribution in [2.75, 3.05) is 26.4 Å². The summed E-state index contributed by atoms with van der Waals surface area (Å²) < 4.78 is 34.6. The number of hydrogen-bond donors (Lipinski definition) is 12. The van der Waals surface area contributed by atoms with Crippen LogP contribution in [0.3, 0.4) is 0 Å². The molecule has 17 atom stereocenters. The maximum Gasteiger partial charge on any atom is 0.220 e. The zero-order valence-electron chi connectivity index (χ0n) is 62.3. The van der Waals surface area contributed by atoms with Gasteiger partial charge in [0, 0.05) is 6.42 Å². The molecule has 19 nitrogen and oxygen atoms in total. The minimum Gasteiger partial charge on any atom is -0.394 e. The number of nitrogens with one attached hydrogen (secondary N) is 1. The molecule has 0 aliphatic carbocycles. The predicted octanol–water partition coefficient (Wildman–Crippen LogP) is 13.8. The van der Waals surface area contributed by atoms with E-state index < -0.39 is 124 Å². The Kier molecular flexibility index (Phi) is 56.6. The first-order chi connectivity index (χ1) is 47.8. The van der Waals surface area contributed by atoms with Gasteiger partial charge in [-0.2, -0.15) is 0 Å². The lowest BCUT2D eigenvalue weighted by Crippen LogP contribution is -2.66. The lowest BCUT2D eigenvalue weighted by atomic mass is 9.96. The molecule has 3 aliphatic rings. The Morgan fingerprint density at radius 1 is 0.327 bits per heavy atom. The predicted molar refractivity (Wildman–Crippen MR) is 388 cm³/mol. The van der Waals surface area contributed by atoms with Crippen LogP contribution in [0.15, 0.2) is 0 Å². The summed E-state index contributed by atoms with van der Waals surface area (Å²) in [5, 5.41) is 121. The molecule has 1 amide bonds. The van der Waals surface area contributed by atoms with E-state index in [0.29, 0.717) is 12.8 Å². The van der Waals surface area contributed by atoms with Crippen molar-refractivity contribution in [3.63, 3.8) is 0 Å². The fraction of sp³-hybridized carbons (Fsp3) is 0.987. The summed E-state index contributed by atoms with van der Waals surface area (Å²) in [6.45, 7) is 1.88. The monoisotopic (exact) mass is 1400 g/mol. The maximum absolute atomic E-state index is 13.5. The first-order valence-electron chi connectivity index (χ1n) is 41.3. The number of aliphatic hydroxyl groups excluding tert-OH is 11. The van der Waals surface area contributed by atoms with Gasteiger partial charge in [-0.15, -0.1) is 0 Å². The molecule has 3 saturated heterocycles. The van der Waals surface area contributed by atoms with Crippen molar-refractivity contribution in [3.05, 3.63) is 0 Å².